The number of carbonyl (C=O) groups excluding carboxylic acids is 2. The third-order valence-corrected chi connectivity index (χ3v) is 7.79. The van der Waals surface area contributed by atoms with Crippen molar-refractivity contribution in [3.05, 3.63) is 47.0 Å². The van der Waals surface area contributed by atoms with Crippen LogP contribution in [0.25, 0.3) is 11.1 Å². The molecule has 2 aromatic rings. The van der Waals surface area contributed by atoms with Gasteiger partial charge in [0.15, 0.2) is 0 Å². The number of nitrogens with zero attached hydrogens (tertiary/aromatic N) is 1. The van der Waals surface area contributed by atoms with E-state index in [0.717, 1.165) is 41.3 Å². The second-order valence-corrected chi connectivity index (χ2v) is 10.8. The summed E-state index contributed by atoms with van der Waals surface area (Å²) in [4.78, 5) is 25.6. The van der Waals surface area contributed by atoms with Crippen LogP contribution in [0.1, 0.15) is 57.2 Å². The molecule has 1 fully saturated rings. The Morgan fingerprint density at radius 2 is 1.62 bits per heavy atom. The predicted molar refractivity (Wildman–Crippen MR) is 129 cm³/mol. The lowest BCUT2D eigenvalue weighted by molar-refractivity contribution is -0.125. The molecule has 0 radical (unpaired) electrons. The third-order valence-electron chi connectivity index (χ3n) is 6.94. The van der Waals surface area contributed by atoms with Gasteiger partial charge < -0.3 is 9.47 Å². The molecule has 0 bridgehead atoms. The second-order valence-electron chi connectivity index (χ2n) is 9.90. The van der Waals surface area contributed by atoms with Crippen molar-refractivity contribution in [3.8, 4) is 22.6 Å². The number of benzene rings is 2. The van der Waals surface area contributed by atoms with Gasteiger partial charge in [-0.1, -0.05) is 57.7 Å². The number of amides is 2. The van der Waals surface area contributed by atoms with E-state index in [0.29, 0.717) is 11.5 Å². The van der Waals surface area contributed by atoms with Gasteiger partial charge in [-0.15, -0.1) is 0 Å². The normalized spacial score (nSPS) is 19.1. The molecule has 1 heterocycles. The summed E-state index contributed by atoms with van der Waals surface area (Å²) in [5.74, 6) is 1.36. The molecule has 4 rings (SSSR count). The van der Waals surface area contributed by atoms with Crippen LogP contribution in [0.2, 0.25) is 0 Å². The fourth-order valence-electron chi connectivity index (χ4n) is 4.86. The number of fused-ring (bicyclic) bond motifs is 1. The first kappa shape index (κ1) is 22.7. The SMILES string of the molecule is COc1ccc(CN2C(=O)CSC2=O)c(OC)c1-c1ccc2c(c1)C(C)(C)CCC2(C)C. The van der Waals surface area contributed by atoms with Crippen LogP contribution in [0, 0.1) is 0 Å². The molecule has 1 aliphatic heterocycles. The van der Waals surface area contributed by atoms with Crippen molar-refractivity contribution in [1.82, 2.24) is 4.90 Å². The number of hydrogen-bond donors (Lipinski definition) is 0. The molecule has 2 amide bonds. The molecule has 0 atom stereocenters. The minimum atomic E-state index is -0.216. The molecule has 32 heavy (non-hydrogen) atoms. The maximum atomic E-state index is 12.2. The first-order valence-electron chi connectivity index (χ1n) is 11.0. The van der Waals surface area contributed by atoms with Crippen molar-refractivity contribution in [2.24, 2.45) is 0 Å². The second kappa shape index (κ2) is 8.14. The monoisotopic (exact) mass is 453 g/mol. The Bertz CT molecular complexity index is 1070. The van der Waals surface area contributed by atoms with E-state index >= 15 is 0 Å². The van der Waals surface area contributed by atoms with Gasteiger partial charge in [0.1, 0.15) is 11.5 Å². The summed E-state index contributed by atoms with van der Waals surface area (Å²) in [6.45, 7) is 9.42. The van der Waals surface area contributed by atoms with Gasteiger partial charge in [0.25, 0.3) is 5.24 Å². The van der Waals surface area contributed by atoms with Gasteiger partial charge in [-0.25, -0.2) is 0 Å². The highest BCUT2D eigenvalue weighted by atomic mass is 32.2. The zero-order chi connectivity index (χ0) is 23.3. The number of imide groups is 1. The molecule has 2 aromatic carbocycles. The Morgan fingerprint density at radius 1 is 0.938 bits per heavy atom. The standard InChI is InChI=1S/C26H31NO4S/c1-25(2)11-12-26(3,4)19-13-16(7-9-18(19)25)22-20(30-5)10-8-17(23(22)31-6)14-27-21(28)15-32-24(27)29/h7-10,13H,11-12,14-15H2,1-6H3. The van der Waals surface area contributed by atoms with E-state index in [4.69, 9.17) is 9.47 Å². The first-order valence-corrected chi connectivity index (χ1v) is 11.9. The molecule has 1 saturated heterocycles. The third kappa shape index (κ3) is 3.79. The summed E-state index contributed by atoms with van der Waals surface area (Å²) in [6.07, 6.45) is 2.28. The van der Waals surface area contributed by atoms with Gasteiger partial charge in [0, 0.05) is 5.56 Å². The summed E-state index contributed by atoms with van der Waals surface area (Å²) in [7, 11) is 3.27. The average molecular weight is 454 g/mol. The molecule has 170 valence electrons. The molecule has 0 unspecified atom stereocenters. The fourth-order valence-corrected chi connectivity index (χ4v) is 5.58. The summed E-state index contributed by atoms with van der Waals surface area (Å²) < 4.78 is 11.6. The van der Waals surface area contributed by atoms with Gasteiger partial charge in [-0.3, -0.25) is 14.5 Å². The quantitative estimate of drug-likeness (QED) is 0.563. The topological polar surface area (TPSA) is 55.8 Å². The van der Waals surface area contributed by atoms with E-state index in [9.17, 15) is 9.59 Å². The van der Waals surface area contributed by atoms with Gasteiger partial charge in [-0.2, -0.15) is 0 Å². The number of ether oxygens (including phenoxy) is 2. The van der Waals surface area contributed by atoms with Crippen LogP contribution < -0.4 is 9.47 Å². The average Bonchev–Trinajstić information content (AvgIpc) is 3.08. The predicted octanol–water partition coefficient (Wildman–Crippen LogP) is 5.92. The van der Waals surface area contributed by atoms with Crippen LogP contribution in [-0.2, 0) is 22.2 Å². The van der Waals surface area contributed by atoms with Gasteiger partial charge in [0.05, 0.1) is 32.1 Å². The lowest BCUT2D eigenvalue weighted by Gasteiger charge is -2.42. The molecular formula is C26H31NO4S. The van der Waals surface area contributed by atoms with Crippen molar-refractivity contribution in [3.63, 3.8) is 0 Å². The number of rotatable bonds is 5. The molecule has 2 aliphatic rings. The zero-order valence-corrected chi connectivity index (χ0v) is 20.5. The maximum absolute atomic E-state index is 12.2. The van der Waals surface area contributed by atoms with E-state index in [-0.39, 0.29) is 34.3 Å². The summed E-state index contributed by atoms with van der Waals surface area (Å²) >= 11 is 1.04. The van der Waals surface area contributed by atoms with E-state index < -0.39 is 0 Å². The summed E-state index contributed by atoms with van der Waals surface area (Å²) in [5.41, 5.74) is 5.58. The minimum absolute atomic E-state index is 0.0740. The largest absolute Gasteiger partial charge is 0.496 e. The van der Waals surface area contributed by atoms with Gasteiger partial charge in [0.2, 0.25) is 5.91 Å². The molecule has 1 aliphatic carbocycles. The van der Waals surface area contributed by atoms with Crippen LogP contribution in [0.4, 0.5) is 4.79 Å². The maximum Gasteiger partial charge on any atom is 0.289 e. The smallest absolute Gasteiger partial charge is 0.289 e. The van der Waals surface area contributed by atoms with E-state index in [1.807, 2.05) is 12.1 Å². The molecular weight excluding hydrogens is 422 g/mol. The minimum Gasteiger partial charge on any atom is -0.496 e. The Labute approximate surface area is 194 Å². The van der Waals surface area contributed by atoms with Crippen LogP contribution in [0.3, 0.4) is 0 Å². The fraction of sp³-hybridized carbons (Fsp3) is 0.462. The van der Waals surface area contributed by atoms with Crippen molar-refractivity contribution in [2.45, 2.75) is 57.9 Å². The van der Waals surface area contributed by atoms with Gasteiger partial charge in [-0.05, 0) is 52.5 Å². The highest BCUT2D eigenvalue weighted by Gasteiger charge is 2.37. The van der Waals surface area contributed by atoms with Crippen molar-refractivity contribution in [2.75, 3.05) is 20.0 Å². The summed E-state index contributed by atoms with van der Waals surface area (Å²) in [6, 6.07) is 10.4. The van der Waals surface area contributed by atoms with E-state index in [2.05, 4.69) is 45.9 Å². The van der Waals surface area contributed by atoms with Crippen LogP contribution in [0.5, 0.6) is 11.5 Å². The van der Waals surface area contributed by atoms with Crippen molar-refractivity contribution < 1.29 is 19.1 Å². The van der Waals surface area contributed by atoms with E-state index in [1.165, 1.54) is 16.0 Å². The Balaban J connectivity index is 1.86. The van der Waals surface area contributed by atoms with Crippen molar-refractivity contribution in [1.29, 1.82) is 0 Å². The summed E-state index contributed by atoms with van der Waals surface area (Å²) in [5, 5.41) is -0.216. The lowest BCUT2D eigenvalue weighted by Crippen LogP contribution is -2.33. The van der Waals surface area contributed by atoms with Crippen LogP contribution in [-0.4, -0.2) is 36.0 Å². The Hall–Kier alpha value is -2.47. The Morgan fingerprint density at radius 3 is 2.22 bits per heavy atom. The Kier molecular flexibility index (Phi) is 5.78. The molecule has 0 saturated carbocycles. The molecule has 0 aromatic heterocycles. The highest BCUT2D eigenvalue weighted by Crippen LogP contribution is 2.49. The lowest BCUT2D eigenvalue weighted by atomic mass is 9.63. The number of thioether (sulfide) groups is 1. The van der Waals surface area contributed by atoms with E-state index in [1.54, 1.807) is 14.2 Å². The highest BCUT2D eigenvalue weighted by molar-refractivity contribution is 8.14. The van der Waals surface area contributed by atoms with Crippen LogP contribution >= 0.6 is 11.8 Å². The number of carbonyl (C=O) groups is 2. The molecule has 0 spiro atoms. The zero-order valence-electron chi connectivity index (χ0n) is 19.7. The van der Waals surface area contributed by atoms with Crippen LogP contribution in [0.15, 0.2) is 30.3 Å². The number of methoxy groups -OCH3 is 2. The molecule has 5 nitrogen and oxygen atoms in total. The first-order chi connectivity index (χ1) is 15.1. The number of hydrogen-bond acceptors (Lipinski definition) is 5. The molecule has 0 N–H and O–H groups in total. The van der Waals surface area contributed by atoms with Gasteiger partial charge >= 0.3 is 0 Å². The molecule has 6 heteroatoms. The van der Waals surface area contributed by atoms with Crippen molar-refractivity contribution >= 4 is 22.9 Å².